The lowest BCUT2D eigenvalue weighted by molar-refractivity contribution is -0.142. The zero-order valence-electron chi connectivity index (χ0n) is 11.8. The SMILES string of the molecule is CCOc1cc(C=NNC(N)=O)ccc1OCC(=O)OC. The van der Waals surface area contributed by atoms with Crippen LogP contribution in [0.3, 0.4) is 0 Å². The number of nitrogens with two attached hydrogens (primary N) is 1. The van der Waals surface area contributed by atoms with Crippen LogP contribution in [-0.2, 0) is 9.53 Å². The number of carbonyl (C=O) groups excluding carboxylic acids is 2. The molecule has 0 atom stereocenters. The molecular weight excluding hydrogens is 278 g/mol. The Labute approximate surface area is 121 Å². The zero-order valence-corrected chi connectivity index (χ0v) is 11.8. The van der Waals surface area contributed by atoms with Crippen molar-refractivity contribution < 1.29 is 23.8 Å². The van der Waals surface area contributed by atoms with Gasteiger partial charge in [-0.3, -0.25) is 0 Å². The van der Waals surface area contributed by atoms with Crippen LogP contribution in [0.4, 0.5) is 4.79 Å². The van der Waals surface area contributed by atoms with E-state index in [4.69, 9.17) is 15.2 Å². The Kier molecular flexibility index (Phi) is 6.52. The second kappa shape index (κ2) is 8.41. The molecule has 1 aromatic carbocycles. The molecular formula is C13H17N3O5. The van der Waals surface area contributed by atoms with Crippen LogP contribution in [0.15, 0.2) is 23.3 Å². The quantitative estimate of drug-likeness (QED) is 0.435. The van der Waals surface area contributed by atoms with Crippen LogP contribution in [0.2, 0.25) is 0 Å². The number of hydrazone groups is 1. The second-order valence-corrected chi connectivity index (χ2v) is 3.74. The van der Waals surface area contributed by atoms with Gasteiger partial charge in [0.25, 0.3) is 0 Å². The van der Waals surface area contributed by atoms with E-state index in [0.717, 1.165) is 0 Å². The number of nitrogens with zero attached hydrogens (tertiary/aromatic N) is 1. The highest BCUT2D eigenvalue weighted by Gasteiger charge is 2.08. The topological polar surface area (TPSA) is 112 Å². The number of hydrogen-bond donors (Lipinski definition) is 2. The van der Waals surface area contributed by atoms with Crippen LogP contribution in [-0.4, -0.2) is 38.5 Å². The van der Waals surface area contributed by atoms with Crippen molar-refractivity contribution in [1.82, 2.24) is 5.43 Å². The first-order valence-corrected chi connectivity index (χ1v) is 6.11. The predicted octanol–water partition coefficient (Wildman–Crippen LogP) is 0.639. The summed E-state index contributed by atoms with van der Waals surface area (Å²) in [6.07, 6.45) is 1.40. The number of hydrogen-bond acceptors (Lipinski definition) is 6. The third-order valence-electron chi connectivity index (χ3n) is 2.23. The average molecular weight is 295 g/mol. The molecule has 0 spiro atoms. The molecule has 0 aliphatic carbocycles. The molecule has 0 unspecified atom stereocenters. The molecule has 114 valence electrons. The Morgan fingerprint density at radius 1 is 1.33 bits per heavy atom. The first kappa shape index (κ1) is 16.3. The third kappa shape index (κ3) is 5.81. The summed E-state index contributed by atoms with van der Waals surface area (Å²) >= 11 is 0. The number of rotatable bonds is 7. The summed E-state index contributed by atoms with van der Waals surface area (Å²) in [5.74, 6) is 0.362. The van der Waals surface area contributed by atoms with Crippen LogP contribution in [0.25, 0.3) is 0 Å². The van der Waals surface area contributed by atoms with Gasteiger partial charge in [0, 0.05) is 0 Å². The van der Waals surface area contributed by atoms with Gasteiger partial charge in [0.05, 0.1) is 19.9 Å². The van der Waals surface area contributed by atoms with Crippen molar-refractivity contribution in [1.29, 1.82) is 0 Å². The van der Waals surface area contributed by atoms with E-state index >= 15 is 0 Å². The first-order chi connectivity index (χ1) is 10.1. The fourth-order valence-electron chi connectivity index (χ4n) is 1.36. The van der Waals surface area contributed by atoms with Gasteiger partial charge in [0.15, 0.2) is 18.1 Å². The molecule has 3 N–H and O–H groups in total. The molecule has 8 heteroatoms. The smallest absolute Gasteiger partial charge is 0.343 e. The van der Waals surface area contributed by atoms with Crippen LogP contribution in [0, 0.1) is 0 Å². The summed E-state index contributed by atoms with van der Waals surface area (Å²) in [7, 11) is 1.28. The zero-order chi connectivity index (χ0) is 15.7. The molecule has 1 aromatic rings. The number of methoxy groups -OCH3 is 1. The molecule has 0 radical (unpaired) electrons. The Hall–Kier alpha value is -2.77. The van der Waals surface area contributed by atoms with Crippen molar-refractivity contribution in [2.45, 2.75) is 6.92 Å². The number of urea groups is 1. The summed E-state index contributed by atoms with van der Waals surface area (Å²) < 4.78 is 15.2. The van der Waals surface area contributed by atoms with Crippen LogP contribution in [0.5, 0.6) is 11.5 Å². The Morgan fingerprint density at radius 2 is 2.10 bits per heavy atom. The van der Waals surface area contributed by atoms with Gasteiger partial charge in [0.2, 0.25) is 0 Å². The average Bonchev–Trinajstić information content (AvgIpc) is 2.46. The van der Waals surface area contributed by atoms with Gasteiger partial charge in [-0.2, -0.15) is 5.10 Å². The second-order valence-electron chi connectivity index (χ2n) is 3.74. The molecule has 0 fully saturated rings. The number of benzene rings is 1. The highest BCUT2D eigenvalue weighted by atomic mass is 16.6. The molecule has 0 bridgehead atoms. The lowest BCUT2D eigenvalue weighted by Crippen LogP contribution is -2.24. The molecule has 21 heavy (non-hydrogen) atoms. The molecule has 8 nitrogen and oxygen atoms in total. The van der Waals surface area contributed by atoms with Gasteiger partial charge in [-0.1, -0.05) is 0 Å². The van der Waals surface area contributed by atoms with Crippen molar-refractivity contribution in [2.24, 2.45) is 10.8 Å². The fraction of sp³-hybridized carbons (Fsp3) is 0.308. The molecule has 0 aromatic heterocycles. The number of nitrogens with one attached hydrogen (secondary N) is 1. The van der Waals surface area contributed by atoms with Gasteiger partial charge in [-0.15, -0.1) is 0 Å². The number of esters is 1. The summed E-state index contributed by atoms with van der Waals surface area (Å²) in [5.41, 5.74) is 7.63. The Bertz CT molecular complexity index is 531. The minimum absolute atomic E-state index is 0.215. The van der Waals surface area contributed by atoms with Crippen molar-refractivity contribution in [2.75, 3.05) is 20.3 Å². The molecule has 2 amide bonds. The van der Waals surface area contributed by atoms with Crippen LogP contribution in [0.1, 0.15) is 12.5 Å². The van der Waals surface area contributed by atoms with E-state index < -0.39 is 12.0 Å². The van der Waals surface area contributed by atoms with Crippen molar-refractivity contribution in [3.05, 3.63) is 23.8 Å². The van der Waals surface area contributed by atoms with E-state index in [2.05, 4.69) is 15.3 Å². The third-order valence-corrected chi connectivity index (χ3v) is 2.23. The van der Waals surface area contributed by atoms with Crippen molar-refractivity contribution in [3.63, 3.8) is 0 Å². The predicted molar refractivity (Wildman–Crippen MR) is 75.4 cm³/mol. The van der Waals surface area contributed by atoms with Crippen LogP contribution >= 0.6 is 0 Å². The number of ether oxygens (including phenoxy) is 3. The van der Waals surface area contributed by atoms with Gasteiger partial charge in [-0.05, 0) is 30.7 Å². The normalized spacial score (nSPS) is 10.2. The highest BCUT2D eigenvalue weighted by molar-refractivity contribution is 5.82. The summed E-state index contributed by atoms with van der Waals surface area (Å²) in [4.78, 5) is 21.6. The van der Waals surface area contributed by atoms with E-state index in [0.29, 0.717) is 23.7 Å². The lowest BCUT2D eigenvalue weighted by Gasteiger charge is -2.11. The summed E-state index contributed by atoms with van der Waals surface area (Å²) in [5, 5.41) is 3.64. The van der Waals surface area contributed by atoms with Gasteiger partial charge >= 0.3 is 12.0 Å². The van der Waals surface area contributed by atoms with Gasteiger partial charge < -0.3 is 19.9 Å². The molecule has 0 aliphatic rings. The number of amides is 2. The molecule has 0 heterocycles. The van der Waals surface area contributed by atoms with E-state index in [1.165, 1.54) is 13.3 Å². The molecule has 0 aliphatic heterocycles. The lowest BCUT2D eigenvalue weighted by atomic mass is 10.2. The fourth-order valence-corrected chi connectivity index (χ4v) is 1.36. The molecule has 0 saturated carbocycles. The minimum atomic E-state index is -0.755. The molecule has 0 saturated heterocycles. The number of primary amides is 1. The van der Waals surface area contributed by atoms with E-state index in [-0.39, 0.29) is 6.61 Å². The first-order valence-electron chi connectivity index (χ1n) is 6.11. The maximum atomic E-state index is 11.1. The Balaban J connectivity index is 2.82. The summed E-state index contributed by atoms with van der Waals surface area (Å²) in [6.45, 7) is 2.03. The maximum Gasteiger partial charge on any atom is 0.343 e. The Morgan fingerprint density at radius 3 is 2.71 bits per heavy atom. The van der Waals surface area contributed by atoms with Gasteiger partial charge in [-0.25, -0.2) is 15.0 Å². The van der Waals surface area contributed by atoms with E-state index in [1.54, 1.807) is 18.2 Å². The standard InChI is InChI=1S/C13H17N3O5/c1-3-20-11-6-9(7-15-16-13(14)18)4-5-10(11)21-8-12(17)19-2/h4-7H,3,8H2,1-2H3,(H3,14,16,18). The molecule has 1 rings (SSSR count). The minimum Gasteiger partial charge on any atom is -0.490 e. The summed E-state index contributed by atoms with van der Waals surface area (Å²) in [6, 6.07) is 4.21. The number of carbonyl (C=O) groups is 2. The van der Waals surface area contributed by atoms with Crippen LogP contribution < -0.4 is 20.6 Å². The highest BCUT2D eigenvalue weighted by Crippen LogP contribution is 2.28. The van der Waals surface area contributed by atoms with Crippen molar-refractivity contribution >= 4 is 18.2 Å². The van der Waals surface area contributed by atoms with Gasteiger partial charge in [0.1, 0.15) is 0 Å². The monoisotopic (exact) mass is 295 g/mol. The van der Waals surface area contributed by atoms with Crippen molar-refractivity contribution in [3.8, 4) is 11.5 Å². The van der Waals surface area contributed by atoms with E-state index in [9.17, 15) is 9.59 Å². The van der Waals surface area contributed by atoms with E-state index in [1.807, 2.05) is 6.92 Å². The largest absolute Gasteiger partial charge is 0.490 e. The maximum absolute atomic E-state index is 11.1.